The highest BCUT2D eigenvalue weighted by atomic mass is 16.5. The zero-order valence-electron chi connectivity index (χ0n) is 12.1. The highest BCUT2D eigenvalue weighted by molar-refractivity contribution is 5.90. The lowest BCUT2D eigenvalue weighted by molar-refractivity contribution is 0.483. The normalized spacial score (nSPS) is 10.8. The molecule has 0 saturated carbocycles. The largest absolute Gasteiger partial charge is 0.457 e. The fourth-order valence-corrected chi connectivity index (χ4v) is 2.40. The van der Waals surface area contributed by atoms with Crippen LogP contribution in [0.2, 0.25) is 0 Å². The van der Waals surface area contributed by atoms with Gasteiger partial charge >= 0.3 is 0 Å². The van der Waals surface area contributed by atoms with E-state index in [1.807, 2.05) is 54.6 Å². The fourth-order valence-electron chi connectivity index (χ4n) is 2.40. The number of aromatic nitrogens is 4. The van der Waals surface area contributed by atoms with Gasteiger partial charge in [0.15, 0.2) is 5.65 Å². The molecule has 23 heavy (non-hydrogen) atoms. The van der Waals surface area contributed by atoms with Crippen LogP contribution in [0.5, 0.6) is 11.5 Å². The molecule has 0 fully saturated rings. The van der Waals surface area contributed by atoms with E-state index in [-0.39, 0.29) is 0 Å². The Balaban J connectivity index is 1.67. The maximum atomic E-state index is 5.84. The van der Waals surface area contributed by atoms with E-state index in [2.05, 4.69) is 15.1 Å². The molecule has 0 saturated heterocycles. The number of nitrogen functional groups attached to an aromatic ring is 1. The van der Waals surface area contributed by atoms with Gasteiger partial charge in [-0.2, -0.15) is 4.79 Å². The van der Waals surface area contributed by atoms with Gasteiger partial charge < -0.3 is 10.6 Å². The number of benzene rings is 2. The molecule has 0 spiro atoms. The fraction of sp³-hybridized carbons (Fsp3) is 0. The van der Waals surface area contributed by atoms with E-state index < -0.39 is 0 Å². The van der Waals surface area contributed by atoms with Gasteiger partial charge in [0.25, 0.3) is 0 Å². The van der Waals surface area contributed by atoms with Crippen molar-refractivity contribution in [1.29, 1.82) is 0 Å². The third-order valence-electron chi connectivity index (χ3n) is 3.48. The third kappa shape index (κ3) is 2.46. The molecule has 0 atom stereocenters. The van der Waals surface area contributed by atoms with Crippen LogP contribution in [-0.4, -0.2) is 19.9 Å². The lowest BCUT2D eigenvalue weighted by atomic mass is 10.1. The highest BCUT2D eigenvalue weighted by Gasteiger charge is 2.12. The Morgan fingerprint density at radius 2 is 1.65 bits per heavy atom. The third-order valence-corrected chi connectivity index (χ3v) is 3.48. The van der Waals surface area contributed by atoms with Gasteiger partial charge in [-0.15, -0.1) is 5.10 Å². The second-order valence-corrected chi connectivity index (χ2v) is 4.99. The van der Waals surface area contributed by atoms with Crippen molar-refractivity contribution >= 4 is 11.0 Å². The molecule has 2 aromatic carbocycles. The minimum atomic E-state index is 0.597. The van der Waals surface area contributed by atoms with Crippen molar-refractivity contribution < 1.29 is 4.74 Å². The zero-order chi connectivity index (χ0) is 15.6. The van der Waals surface area contributed by atoms with E-state index >= 15 is 0 Å². The molecule has 4 aromatic rings. The van der Waals surface area contributed by atoms with Crippen molar-refractivity contribution in [2.45, 2.75) is 0 Å². The Hall–Kier alpha value is -3.41. The number of fused-ring (bicyclic) bond motifs is 1. The summed E-state index contributed by atoms with van der Waals surface area (Å²) in [5.41, 5.74) is 2.27. The zero-order valence-corrected chi connectivity index (χ0v) is 12.1. The molecule has 0 unspecified atom stereocenters. The first-order chi connectivity index (χ1) is 11.3. The van der Waals surface area contributed by atoms with Crippen LogP contribution in [0.1, 0.15) is 0 Å². The number of para-hydroxylation sites is 1. The molecule has 0 aliphatic heterocycles. The smallest absolute Gasteiger partial charge is 0.184 e. The minimum absolute atomic E-state index is 0.597. The van der Waals surface area contributed by atoms with Crippen LogP contribution in [0.4, 0.5) is 0 Å². The topological polar surface area (TPSA) is 78.9 Å². The molecule has 2 heterocycles. The van der Waals surface area contributed by atoms with Gasteiger partial charge in [-0.1, -0.05) is 18.2 Å². The van der Waals surface area contributed by atoms with Crippen molar-refractivity contribution in [3.63, 3.8) is 0 Å². The average molecular weight is 303 g/mol. The predicted octanol–water partition coefficient (Wildman–Crippen LogP) is 3.00. The highest BCUT2D eigenvalue weighted by Crippen LogP contribution is 2.28. The number of rotatable bonds is 3. The van der Waals surface area contributed by atoms with Gasteiger partial charge in [-0.3, -0.25) is 0 Å². The van der Waals surface area contributed by atoms with Crippen LogP contribution in [0.25, 0.3) is 22.3 Å². The summed E-state index contributed by atoms with van der Waals surface area (Å²) in [7, 11) is 0. The van der Waals surface area contributed by atoms with Gasteiger partial charge in [0.1, 0.15) is 23.5 Å². The van der Waals surface area contributed by atoms with Crippen molar-refractivity contribution in [3.05, 3.63) is 67.1 Å². The number of hydrogen-bond acceptors (Lipinski definition) is 5. The van der Waals surface area contributed by atoms with Gasteiger partial charge in [-0.05, 0) is 36.4 Å². The SMILES string of the molecule is Nn1nc(-c2ccc(Oc3ccccc3)cc2)c2cncnc21. The van der Waals surface area contributed by atoms with Crippen molar-refractivity contribution in [1.82, 2.24) is 19.9 Å². The molecule has 112 valence electrons. The second-order valence-electron chi connectivity index (χ2n) is 4.99. The summed E-state index contributed by atoms with van der Waals surface area (Å²) in [6.45, 7) is 0. The number of hydrogen-bond donors (Lipinski definition) is 1. The van der Waals surface area contributed by atoms with E-state index in [0.29, 0.717) is 5.65 Å². The van der Waals surface area contributed by atoms with Gasteiger partial charge in [0, 0.05) is 11.8 Å². The van der Waals surface area contributed by atoms with Crippen molar-refractivity contribution in [3.8, 4) is 22.8 Å². The summed E-state index contributed by atoms with van der Waals surface area (Å²) in [6, 6.07) is 17.3. The van der Waals surface area contributed by atoms with E-state index in [9.17, 15) is 0 Å². The molecule has 2 aromatic heterocycles. The molecule has 0 aliphatic carbocycles. The molecule has 2 N–H and O–H groups in total. The molecular weight excluding hydrogens is 290 g/mol. The molecular formula is C17H13N5O. The maximum Gasteiger partial charge on any atom is 0.184 e. The Morgan fingerprint density at radius 1 is 0.913 bits per heavy atom. The van der Waals surface area contributed by atoms with Crippen LogP contribution in [0.3, 0.4) is 0 Å². The molecule has 4 rings (SSSR count). The van der Waals surface area contributed by atoms with Crippen LogP contribution < -0.4 is 10.6 Å². The van der Waals surface area contributed by atoms with E-state index in [0.717, 1.165) is 28.1 Å². The van der Waals surface area contributed by atoms with Crippen LogP contribution in [0, 0.1) is 0 Å². The Bertz CT molecular complexity index is 948. The molecule has 0 bridgehead atoms. The maximum absolute atomic E-state index is 5.84. The number of nitrogens with two attached hydrogens (primary N) is 1. The van der Waals surface area contributed by atoms with Gasteiger partial charge in [-0.25, -0.2) is 9.97 Å². The first-order valence-electron chi connectivity index (χ1n) is 7.08. The van der Waals surface area contributed by atoms with E-state index in [1.54, 1.807) is 6.20 Å². The lowest BCUT2D eigenvalue weighted by Gasteiger charge is -2.06. The van der Waals surface area contributed by atoms with E-state index in [4.69, 9.17) is 10.6 Å². The Labute approximate surface area is 132 Å². The monoisotopic (exact) mass is 303 g/mol. The van der Waals surface area contributed by atoms with E-state index in [1.165, 1.54) is 11.1 Å². The molecule has 6 heteroatoms. The summed E-state index contributed by atoms with van der Waals surface area (Å²) in [5.74, 6) is 7.39. The summed E-state index contributed by atoms with van der Waals surface area (Å²) < 4.78 is 5.79. The van der Waals surface area contributed by atoms with Crippen LogP contribution in [-0.2, 0) is 0 Å². The standard InChI is InChI=1S/C17H13N5O/c18-22-17-15(10-19-11-20-17)16(21-22)12-6-8-14(9-7-12)23-13-4-2-1-3-5-13/h1-11H,18H2. The average Bonchev–Trinajstić information content (AvgIpc) is 2.94. The predicted molar refractivity (Wildman–Crippen MR) is 87.4 cm³/mol. The molecule has 0 aliphatic rings. The van der Waals surface area contributed by atoms with Crippen LogP contribution >= 0.6 is 0 Å². The minimum Gasteiger partial charge on any atom is -0.457 e. The number of nitrogens with zero attached hydrogens (tertiary/aromatic N) is 4. The van der Waals surface area contributed by atoms with Gasteiger partial charge in [0.2, 0.25) is 0 Å². The summed E-state index contributed by atoms with van der Waals surface area (Å²) in [6.07, 6.45) is 3.16. The summed E-state index contributed by atoms with van der Waals surface area (Å²) in [4.78, 5) is 9.45. The second kappa shape index (κ2) is 5.42. The summed E-state index contributed by atoms with van der Waals surface area (Å²) >= 11 is 0. The first kappa shape index (κ1) is 13.3. The molecule has 6 nitrogen and oxygen atoms in total. The van der Waals surface area contributed by atoms with Crippen LogP contribution in [0.15, 0.2) is 67.1 Å². The first-order valence-corrected chi connectivity index (χ1v) is 7.08. The Morgan fingerprint density at radius 3 is 2.43 bits per heavy atom. The lowest BCUT2D eigenvalue weighted by Crippen LogP contribution is -2.10. The van der Waals surface area contributed by atoms with Crippen molar-refractivity contribution in [2.75, 3.05) is 5.84 Å². The molecule has 0 amide bonds. The number of ether oxygens (including phenoxy) is 1. The van der Waals surface area contributed by atoms with Gasteiger partial charge in [0.05, 0.1) is 5.39 Å². The quantitative estimate of drug-likeness (QED) is 0.589. The Kier molecular flexibility index (Phi) is 3.12. The molecule has 0 radical (unpaired) electrons. The summed E-state index contributed by atoms with van der Waals surface area (Å²) in [5, 5.41) is 5.14. The van der Waals surface area contributed by atoms with Crippen molar-refractivity contribution in [2.24, 2.45) is 0 Å².